The molecule has 5 heteroatoms. The lowest BCUT2D eigenvalue weighted by atomic mass is 10.0. The van der Waals surface area contributed by atoms with E-state index in [-0.39, 0.29) is 12.2 Å². The molecule has 1 N–H and O–H groups in total. The van der Waals surface area contributed by atoms with E-state index in [1.54, 1.807) is 0 Å². The summed E-state index contributed by atoms with van der Waals surface area (Å²) in [5.74, 6) is 0. The normalized spacial score (nSPS) is 14.8. The van der Waals surface area contributed by atoms with Crippen molar-refractivity contribution in [3.05, 3.63) is 54.6 Å². The fraction of sp³-hybridized carbons (Fsp3) is 0.567. The van der Waals surface area contributed by atoms with Gasteiger partial charge in [0.2, 0.25) is 0 Å². The lowest BCUT2D eigenvalue weighted by Crippen LogP contribution is -2.38. The van der Waals surface area contributed by atoms with Crippen molar-refractivity contribution < 1.29 is 9.53 Å². The van der Waals surface area contributed by atoms with E-state index in [1.807, 2.05) is 42.5 Å². The first kappa shape index (κ1) is 27.2. The zero-order valence-corrected chi connectivity index (χ0v) is 21.9. The van der Waals surface area contributed by atoms with Crippen LogP contribution in [0.3, 0.4) is 0 Å². The average molecular weight is 480 g/mol. The molecule has 1 aliphatic rings. The monoisotopic (exact) mass is 479 g/mol. The van der Waals surface area contributed by atoms with Crippen molar-refractivity contribution in [2.75, 3.05) is 45.1 Å². The van der Waals surface area contributed by atoms with Gasteiger partial charge in [0.05, 0.1) is 5.69 Å². The molecule has 5 nitrogen and oxygen atoms in total. The Hall–Kier alpha value is -2.37. The second-order valence-corrected chi connectivity index (χ2v) is 9.85. The molecule has 0 radical (unpaired) electrons. The number of anilines is 1. The van der Waals surface area contributed by atoms with Crippen molar-refractivity contribution in [2.24, 2.45) is 0 Å². The Morgan fingerprint density at radius 3 is 2.26 bits per heavy atom. The molecular weight excluding hydrogens is 434 g/mol. The van der Waals surface area contributed by atoms with Gasteiger partial charge in [-0.25, -0.2) is 4.79 Å². The lowest BCUT2D eigenvalue weighted by Gasteiger charge is -2.31. The number of likely N-dealkylation sites (tertiary alicyclic amines) is 1. The van der Waals surface area contributed by atoms with Crippen molar-refractivity contribution in [3.8, 4) is 11.1 Å². The molecule has 192 valence electrons. The largest absolute Gasteiger partial charge is 0.446 e. The zero-order valence-electron chi connectivity index (χ0n) is 21.9. The minimum absolute atomic E-state index is 0.00175. The molecule has 2 aromatic carbocycles. The third-order valence-corrected chi connectivity index (χ3v) is 7.11. The lowest BCUT2D eigenvalue weighted by molar-refractivity contribution is 0.0585. The third kappa shape index (κ3) is 10.0. The topological polar surface area (TPSA) is 44.8 Å². The highest BCUT2D eigenvalue weighted by Gasteiger charge is 2.22. The number of nitrogens with one attached hydrogen (secondary N) is 1. The summed E-state index contributed by atoms with van der Waals surface area (Å²) in [5, 5.41) is 2.97. The van der Waals surface area contributed by atoms with Gasteiger partial charge in [0.25, 0.3) is 0 Å². The number of hydrogen-bond acceptors (Lipinski definition) is 4. The van der Waals surface area contributed by atoms with Crippen molar-refractivity contribution in [1.82, 2.24) is 9.80 Å². The van der Waals surface area contributed by atoms with Crippen molar-refractivity contribution in [3.63, 3.8) is 0 Å². The van der Waals surface area contributed by atoms with Crippen LogP contribution in [-0.2, 0) is 4.74 Å². The summed E-state index contributed by atoms with van der Waals surface area (Å²) >= 11 is 0. The van der Waals surface area contributed by atoms with Gasteiger partial charge in [-0.1, -0.05) is 87.6 Å². The summed E-state index contributed by atoms with van der Waals surface area (Å²) in [6.07, 6.45) is 10.9. The van der Waals surface area contributed by atoms with Gasteiger partial charge >= 0.3 is 6.09 Å². The highest BCUT2D eigenvalue weighted by Crippen LogP contribution is 2.28. The van der Waals surface area contributed by atoms with E-state index in [0.717, 1.165) is 49.3 Å². The number of para-hydroxylation sites is 1. The van der Waals surface area contributed by atoms with Crippen LogP contribution >= 0.6 is 0 Å². The minimum Gasteiger partial charge on any atom is -0.446 e. The highest BCUT2D eigenvalue weighted by atomic mass is 16.6. The van der Waals surface area contributed by atoms with Crippen LogP contribution in [0, 0.1) is 0 Å². The van der Waals surface area contributed by atoms with E-state index in [1.165, 1.54) is 58.0 Å². The van der Waals surface area contributed by atoms with Gasteiger partial charge in [-0.3, -0.25) is 5.32 Å². The highest BCUT2D eigenvalue weighted by molar-refractivity contribution is 5.91. The molecule has 1 aliphatic heterocycles. The SMILES string of the molecule is CCN(C)CCCCCCCCCN1CCC(OC(=O)Nc2ccccc2-c2ccccc2)CC1. The third-order valence-electron chi connectivity index (χ3n) is 7.11. The van der Waals surface area contributed by atoms with Crippen LogP contribution in [0.4, 0.5) is 10.5 Å². The Balaban J connectivity index is 1.26. The fourth-order valence-corrected chi connectivity index (χ4v) is 4.76. The molecule has 1 amide bonds. The Bertz CT molecular complexity index is 850. The number of carbonyl (C=O) groups is 1. The van der Waals surface area contributed by atoms with Gasteiger partial charge in [-0.15, -0.1) is 0 Å². The number of benzene rings is 2. The van der Waals surface area contributed by atoms with E-state index in [9.17, 15) is 4.79 Å². The molecule has 1 heterocycles. The molecule has 0 bridgehead atoms. The first-order valence-corrected chi connectivity index (χ1v) is 13.7. The predicted molar refractivity (Wildman–Crippen MR) is 147 cm³/mol. The van der Waals surface area contributed by atoms with Crippen LogP contribution < -0.4 is 5.32 Å². The Labute approximate surface area is 212 Å². The number of nitrogens with zero attached hydrogens (tertiary/aromatic N) is 2. The molecule has 3 rings (SSSR count). The van der Waals surface area contributed by atoms with Gasteiger partial charge in [0.1, 0.15) is 6.10 Å². The second kappa shape index (κ2) is 15.6. The summed E-state index contributed by atoms with van der Waals surface area (Å²) < 4.78 is 5.77. The molecule has 35 heavy (non-hydrogen) atoms. The van der Waals surface area contributed by atoms with Gasteiger partial charge in [-0.05, 0) is 64.0 Å². The quantitative estimate of drug-likeness (QED) is 0.295. The maximum absolute atomic E-state index is 12.6. The summed E-state index contributed by atoms with van der Waals surface area (Å²) in [5.41, 5.74) is 2.87. The average Bonchev–Trinajstić information content (AvgIpc) is 2.89. The molecule has 2 aromatic rings. The molecule has 1 fully saturated rings. The molecule has 0 aliphatic carbocycles. The standard InChI is InChI=1S/C30H45N3O2/c1-3-32(2)22-14-7-5-4-6-8-15-23-33-24-20-27(21-25-33)35-30(34)31-29-19-13-12-18-28(29)26-16-10-9-11-17-26/h9-13,16-19,27H,3-8,14-15,20-25H2,1-2H3,(H,31,34). The predicted octanol–water partition coefficient (Wildman–Crippen LogP) is 7.05. The molecule has 0 unspecified atom stereocenters. The van der Waals surface area contributed by atoms with E-state index in [0.29, 0.717) is 0 Å². The number of ether oxygens (including phenoxy) is 1. The Kier molecular flexibility index (Phi) is 12.1. The first-order valence-electron chi connectivity index (χ1n) is 13.7. The van der Waals surface area contributed by atoms with Crippen LogP contribution in [-0.4, -0.2) is 61.8 Å². The second-order valence-electron chi connectivity index (χ2n) is 9.85. The molecule has 1 saturated heterocycles. The minimum atomic E-state index is -0.354. The van der Waals surface area contributed by atoms with Crippen molar-refractivity contribution >= 4 is 11.8 Å². The maximum atomic E-state index is 12.6. The van der Waals surface area contributed by atoms with Crippen LogP contribution in [0.5, 0.6) is 0 Å². The smallest absolute Gasteiger partial charge is 0.411 e. The summed E-state index contributed by atoms with van der Waals surface area (Å²) in [7, 11) is 2.20. The van der Waals surface area contributed by atoms with Crippen LogP contribution in [0.25, 0.3) is 11.1 Å². The van der Waals surface area contributed by atoms with Gasteiger partial charge < -0.3 is 14.5 Å². The number of hydrogen-bond donors (Lipinski definition) is 1. The zero-order chi connectivity index (χ0) is 24.7. The Morgan fingerprint density at radius 2 is 1.54 bits per heavy atom. The summed E-state index contributed by atoms with van der Waals surface area (Å²) in [6, 6.07) is 18.0. The fourth-order valence-electron chi connectivity index (χ4n) is 4.76. The Morgan fingerprint density at radius 1 is 0.914 bits per heavy atom. The van der Waals surface area contributed by atoms with E-state index < -0.39 is 0 Å². The van der Waals surface area contributed by atoms with Crippen molar-refractivity contribution in [2.45, 2.75) is 70.8 Å². The van der Waals surface area contributed by atoms with E-state index >= 15 is 0 Å². The number of unbranched alkanes of at least 4 members (excludes halogenated alkanes) is 6. The van der Waals surface area contributed by atoms with Gasteiger partial charge in [0, 0.05) is 18.7 Å². The first-order chi connectivity index (χ1) is 17.2. The molecule has 0 saturated carbocycles. The summed E-state index contributed by atoms with van der Waals surface area (Å²) in [6.45, 7) is 7.82. The van der Waals surface area contributed by atoms with E-state index in [4.69, 9.17) is 4.74 Å². The number of carbonyl (C=O) groups excluding carboxylic acids is 1. The van der Waals surface area contributed by atoms with Gasteiger partial charge in [0.15, 0.2) is 0 Å². The van der Waals surface area contributed by atoms with E-state index in [2.05, 4.69) is 41.2 Å². The maximum Gasteiger partial charge on any atom is 0.411 e. The number of rotatable bonds is 14. The van der Waals surface area contributed by atoms with Crippen LogP contribution in [0.15, 0.2) is 54.6 Å². The number of piperidine rings is 1. The molecule has 0 spiro atoms. The number of amides is 1. The van der Waals surface area contributed by atoms with Crippen LogP contribution in [0.2, 0.25) is 0 Å². The van der Waals surface area contributed by atoms with Gasteiger partial charge in [-0.2, -0.15) is 0 Å². The molecule has 0 aromatic heterocycles. The van der Waals surface area contributed by atoms with Crippen molar-refractivity contribution in [1.29, 1.82) is 0 Å². The summed E-state index contributed by atoms with van der Waals surface area (Å²) in [4.78, 5) is 17.5. The van der Waals surface area contributed by atoms with Crippen LogP contribution in [0.1, 0.15) is 64.7 Å². The molecular formula is C30H45N3O2. The molecule has 0 atom stereocenters.